The van der Waals surface area contributed by atoms with Gasteiger partial charge < -0.3 is 10.3 Å². The van der Waals surface area contributed by atoms with Crippen molar-refractivity contribution >= 4 is 39.9 Å². The molecule has 5 heteroatoms. The lowest BCUT2D eigenvalue weighted by Gasteiger charge is -2.14. The van der Waals surface area contributed by atoms with Crippen molar-refractivity contribution in [3.63, 3.8) is 0 Å². The summed E-state index contributed by atoms with van der Waals surface area (Å²) in [5.41, 5.74) is 9.10. The highest BCUT2D eigenvalue weighted by Gasteiger charge is 2.15. The van der Waals surface area contributed by atoms with E-state index in [1.165, 1.54) is 5.56 Å². The Hall–Kier alpha value is -1.52. The lowest BCUT2D eigenvalue weighted by molar-refractivity contribution is 0.670. The number of anilines is 1. The second-order valence-corrected chi connectivity index (χ2v) is 5.42. The largest absolute Gasteiger partial charge is 0.369 e. The third-order valence-corrected chi connectivity index (χ3v) is 4.03. The third kappa shape index (κ3) is 1.78. The molecule has 2 aromatic heterocycles. The molecule has 3 rings (SSSR count). The average molecular weight is 278 g/mol. The van der Waals surface area contributed by atoms with Crippen LogP contribution in [0.3, 0.4) is 0 Å². The zero-order chi connectivity index (χ0) is 12.7. The molecule has 2 heterocycles. The summed E-state index contributed by atoms with van der Waals surface area (Å²) in [5, 5.41) is 4.87. The molecular formula is C13H12ClN3S. The van der Waals surface area contributed by atoms with Gasteiger partial charge in [0.2, 0.25) is 5.95 Å². The molecule has 18 heavy (non-hydrogen) atoms. The Labute approximate surface area is 114 Å². The summed E-state index contributed by atoms with van der Waals surface area (Å²) in [5.74, 6) is 0.519. The van der Waals surface area contributed by atoms with Crippen LogP contribution in [0.4, 0.5) is 5.95 Å². The number of fused-ring (bicyclic) bond motifs is 1. The van der Waals surface area contributed by atoms with Gasteiger partial charge in [-0.15, -0.1) is 0 Å². The predicted molar refractivity (Wildman–Crippen MR) is 77.3 cm³/mol. The van der Waals surface area contributed by atoms with Gasteiger partial charge in [-0.2, -0.15) is 11.3 Å². The number of rotatable bonds is 2. The summed E-state index contributed by atoms with van der Waals surface area (Å²) in [7, 11) is 0. The fourth-order valence-electron chi connectivity index (χ4n) is 2.16. The molecule has 3 aromatic rings. The minimum absolute atomic E-state index is 0.169. The van der Waals surface area contributed by atoms with Crippen molar-refractivity contribution in [2.75, 3.05) is 5.73 Å². The van der Waals surface area contributed by atoms with Crippen molar-refractivity contribution in [3.8, 4) is 0 Å². The van der Waals surface area contributed by atoms with Gasteiger partial charge in [0.25, 0.3) is 0 Å². The van der Waals surface area contributed by atoms with E-state index in [2.05, 4.69) is 28.7 Å². The SMILES string of the molecule is CC(c1ccsc1)n1c(N)nc2cc(Cl)ccc21. The highest BCUT2D eigenvalue weighted by atomic mass is 35.5. The lowest BCUT2D eigenvalue weighted by atomic mass is 10.1. The number of benzene rings is 1. The van der Waals surface area contributed by atoms with Crippen molar-refractivity contribution in [2.45, 2.75) is 13.0 Å². The molecule has 2 N–H and O–H groups in total. The Balaban J connectivity index is 2.19. The van der Waals surface area contributed by atoms with E-state index in [0.717, 1.165) is 11.0 Å². The third-order valence-electron chi connectivity index (χ3n) is 3.09. The first-order valence-corrected chi connectivity index (χ1v) is 6.94. The topological polar surface area (TPSA) is 43.8 Å². The summed E-state index contributed by atoms with van der Waals surface area (Å²) in [6.07, 6.45) is 0. The molecule has 0 amide bonds. The van der Waals surface area contributed by atoms with Crippen LogP contribution < -0.4 is 5.73 Å². The van der Waals surface area contributed by atoms with Gasteiger partial charge in [0, 0.05) is 5.02 Å². The number of aromatic nitrogens is 2. The smallest absolute Gasteiger partial charge is 0.201 e. The van der Waals surface area contributed by atoms with Crippen molar-refractivity contribution < 1.29 is 0 Å². The van der Waals surface area contributed by atoms with Crippen LogP contribution in [0.1, 0.15) is 18.5 Å². The normalized spacial score (nSPS) is 13.0. The minimum atomic E-state index is 0.169. The number of thiophene rings is 1. The van der Waals surface area contributed by atoms with Crippen LogP contribution >= 0.6 is 22.9 Å². The quantitative estimate of drug-likeness (QED) is 0.771. The second-order valence-electron chi connectivity index (χ2n) is 4.21. The van der Waals surface area contributed by atoms with Crippen molar-refractivity contribution in [1.29, 1.82) is 0 Å². The Morgan fingerprint density at radius 2 is 2.22 bits per heavy atom. The van der Waals surface area contributed by atoms with E-state index in [9.17, 15) is 0 Å². The van der Waals surface area contributed by atoms with E-state index in [4.69, 9.17) is 17.3 Å². The molecule has 0 fully saturated rings. The maximum Gasteiger partial charge on any atom is 0.201 e. The highest BCUT2D eigenvalue weighted by molar-refractivity contribution is 7.07. The molecule has 92 valence electrons. The van der Waals surface area contributed by atoms with Gasteiger partial charge in [-0.25, -0.2) is 4.98 Å². The van der Waals surface area contributed by atoms with Crippen LogP contribution in [0.25, 0.3) is 11.0 Å². The number of nitrogens with zero attached hydrogens (tertiary/aromatic N) is 2. The molecule has 0 radical (unpaired) electrons. The lowest BCUT2D eigenvalue weighted by Crippen LogP contribution is -2.09. The van der Waals surface area contributed by atoms with Gasteiger partial charge in [-0.3, -0.25) is 0 Å². The average Bonchev–Trinajstić information content (AvgIpc) is 2.94. The molecular weight excluding hydrogens is 266 g/mol. The molecule has 0 saturated heterocycles. The van der Waals surface area contributed by atoms with Crippen molar-refractivity contribution in [2.24, 2.45) is 0 Å². The first-order valence-electron chi connectivity index (χ1n) is 5.62. The number of nitrogens with two attached hydrogens (primary N) is 1. The monoisotopic (exact) mass is 277 g/mol. The molecule has 1 unspecified atom stereocenters. The minimum Gasteiger partial charge on any atom is -0.369 e. The summed E-state index contributed by atoms with van der Waals surface area (Å²) >= 11 is 7.65. The molecule has 0 aliphatic carbocycles. The zero-order valence-electron chi connectivity index (χ0n) is 9.80. The van der Waals surface area contributed by atoms with Crippen molar-refractivity contribution in [3.05, 3.63) is 45.6 Å². The number of nitrogen functional groups attached to an aromatic ring is 1. The maximum atomic E-state index is 6.02. The molecule has 3 nitrogen and oxygen atoms in total. The number of halogens is 1. The number of hydrogen-bond donors (Lipinski definition) is 1. The number of imidazole rings is 1. The van der Waals surface area contributed by atoms with E-state index >= 15 is 0 Å². The highest BCUT2D eigenvalue weighted by Crippen LogP contribution is 2.29. The summed E-state index contributed by atoms with van der Waals surface area (Å²) in [6, 6.07) is 7.94. The first kappa shape index (κ1) is 11.6. The van der Waals surface area contributed by atoms with Gasteiger partial charge in [0.1, 0.15) is 0 Å². The number of hydrogen-bond acceptors (Lipinski definition) is 3. The molecule has 0 spiro atoms. The fraction of sp³-hybridized carbons (Fsp3) is 0.154. The fourth-order valence-corrected chi connectivity index (χ4v) is 3.07. The second kappa shape index (κ2) is 4.30. The van der Waals surface area contributed by atoms with Crippen LogP contribution in [-0.2, 0) is 0 Å². The van der Waals surface area contributed by atoms with Gasteiger partial charge >= 0.3 is 0 Å². The van der Waals surface area contributed by atoms with Crippen LogP contribution in [-0.4, -0.2) is 9.55 Å². The van der Waals surface area contributed by atoms with Crippen LogP contribution in [0, 0.1) is 0 Å². The van der Waals surface area contributed by atoms with Crippen molar-refractivity contribution in [1.82, 2.24) is 9.55 Å². The molecule has 0 saturated carbocycles. The van der Waals surface area contributed by atoms with E-state index in [1.807, 2.05) is 22.8 Å². The van der Waals surface area contributed by atoms with Gasteiger partial charge in [-0.05, 0) is 47.5 Å². The first-order chi connectivity index (χ1) is 8.66. The standard InChI is InChI=1S/C13H12ClN3S/c1-8(9-4-5-18-7-9)17-12-3-2-10(14)6-11(12)16-13(17)15/h2-8H,1H3,(H2,15,16). The molecule has 1 aromatic carbocycles. The predicted octanol–water partition coefficient (Wildman–Crippen LogP) is 3.94. The van der Waals surface area contributed by atoms with E-state index in [0.29, 0.717) is 11.0 Å². The molecule has 0 aliphatic heterocycles. The van der Waals surface area contributed by atoms with Crippen LogP contribution in [0.5, 0.6) is 0 Å². The molecule has 0 aliphatic rings. The van der Waals surface area contributed by atoms with Crippen LogP contribution in [0.15, 0.2) is 35.0 Å². The summed E-state index contributed by atoms with van der Waals surface area (Å²) in [6.45, 7) is 2.12. The maximum absolute atomic E-state index is 6.02. The van der Waals surface area contributed by atoms with E-state index in [-0.39, 0.29) is 6.04 Å². The van der Waals surface area contributed by atoms with Crippen LogP contribution in [0.2, 0.25) is 5.02 Å². The Morgan fingerprint density at radius 1 is 1.39 bits per heavy atom. The zero-order valence-corrected chi connectivity index (χ0v) is 11.4. The molecule has 0 bridgehead atoms. The summed E-state index contributed by atoms with van der Waals surface area (Å²) < 4.78 is 2.04. The Bertz CT molecular complexity index is 688. The van der Waals surface area contributed by atoms with Gasteiger partial charge in [0.15, 0.2) is 0 Å². The van der Waals surface area contributed by atoms with Gasteiger partial charge in [0.05, 0.1) is 17.1 Å². The van der Waals surface area contributed by atoms with Gasteiger partial charge in [-0.1, -0.05) is 11.6 Å². The van der Waals surface area contributed by atoms with E-state index < -0.39 is 0 Å². The summed E-state index contributed by atoms with van der Waals surface area (Å²) in [4.78, 5) is 4.36. The molecule has 1 atom stereocenters. The van der Waals surface area contributed by atoms with E-state index in [1.54, 1.807) is 11.3 Å². The Kier molecular flexibility index (Phi) is 2.76. The Morgan fingerprint density at radius 3 is 2.94 bits per heavy atom.